The van der Waals surface area contributed by atoms with Gasteiger partial charge in [0.25, 0.3) is 0 Å². The van der Waals surface area contributed by atoms with Crippen LogP contribution in [0.3, 0.4) is 0 Å². The fourth-order valence-electron chi connectivity index (χ4n) is 3.38. The molecule has 4 nitrogen and oxygen atoms in total. The van der Waals surface area contributed by atoms with Gasteiger partial charge in [-0.15, -0.1) is 11.3 Å². The molecule has 0 saturated carbocycles. The Bertz CT molecular complexity index is 836. The maximum absolute atomic E-state index is 12.9. The number of likely N-dealkylation sites (tertiary alicyclic amines) is 1. The summed E-state index contributed by atoms with van der Waals surface area (Å²) in [7, 11) is 0. The Morgan fingerprint density at radius 2 is 2.07 bits per heavy atom. The first-order chi connectivity index (χ1) is 13.3. The highest BCUT2D eigenvalue weighted by Crippen LogP contribution is 2.31. The molecule has 1 fully saturated rings. The van der Waals surface area contributed by atoms with E-state index in [1.165, 1.54) is 17.4 Å². The third-order valence-corrected chi connectivity index (χ3v) is 5.73. The molecule has 150 valence electrons. The van der Waals surface area contributed by atoms with Crippen molar-refractivity contribution in [2.75, 3.05) is 6.54 Å². The van der Waals surface area contributed by atoms with Gasteiger partial charge in [-0.25, -0.2) is 0 Å². The van der Waals surface area contributed by atoms with Gasteiger partial charge in [0.2, 0.25) is 11.8 Å². The molecule has 1 aliphatic heterocycles. The summed E-state index contributed by atoms with van der Waals surface area (Å²) in [4.78, 5) is 27.8. The average molecular weight is 410 g/mol. The van der Waals surface area contributed by atoms with E-state index < -0.39 is 23.8 Å². The standard InChI is InChI=1S/C20H21F3N2O2S/c1-13(14-5-2-6-15(11-14)20(21,22)23)24-19(27)17-8-3-9-25(17)18(26)12-16-7-4-10-28-16/h2,4-7,10-11,13,17H,3,8-9,12H2,1H3,(H,24,27)/t13-,17+/m1/s1. The summed E-state index contributed by atoms with van der Waals surface area (Å²) >= 11 is 1.49. The Kier molecular flexibility index (Phi) is 6.07. The fraction of sp³-hybridized carbons (Fsp3) is 0.400. The number of rotatable bonds is 5. The SMILES string of the molecule is C[C@@H](NC(=O)[C@@H]1CCCN1C(=O)Cc1cccs1)c1cccc(C(F)(F)F)c1. The predicted octanol–water partition coefficient (Wildman–Crippen LogP) is 4.18. The molecule has 0 radical (unpaired) electrons. The second-order valence-electron chi connectivity index (χ2n) is 6.85. The number of carbonyl (C=O) groups excluding carboxylic acids is 2. The van der Waals surface area contributed by atoms with Crippen molar-refractivity contribution in [2.45, 2.75) is 44.4 Å². The Hall–Kier alpha value is -2.35. The van der Waals surface area contributed by atoms with Gasteiger partial charge in [0, 0.05) is 11.4 Å². The zero-order valence-corrected chi connectivity index (χ0v) is 16.1. The summed E-state index contributed by atoms with van der Waals surface area (Å²) in [5.41, 5.74) is -0.377. The molecule has 1 aromatic carbocycles. The third-order valence-electron chi connectivity index (χ3n) is 4.85. The van der Waals surface area contributed by atoms with E-state index in [0.717, 1.165) is 23.4 Å². The van der Waals surface area contributed by atoms with E-state index in [1.54, 1.807) is 17.9 Å². The van der Waals surface area contributed by atoms with Crippen molar-refractivity contribution in [1.29, 1.82) is 0 Å². The van der Waals surface area contributed by atoms with Crippen LogP contribution in [0.5, 0.6) is 0 Å². The largest absolute Gasteiger partial charge is 0.416 e. The molecule has 1 aliphatic rings. The van der Waals surface area contributed by atoms with Crippen LogP contribution in [0.4, 0.5) is 13.2 Å². The number of hydrogen-bond acceptors (Lipinski definition) is 3. The van der Waals surface area contributed by atoms with Crippen molar-refractivity contribution in [3.63, 3.8) is 0 Å². The van der Waals surface area contributed by atoms with Gasteiger partial charge < -0.3 is 10.2 Å². The Morgan fingerprint density at radius 3 is 2.75 bits per heavy atom. The molecule has 8 heteroatoms. The highest BCUT2D eigenvalue weighted by atomic mass is 32.1. The van der Waals surface area contributed by atoms with E-state index in [2.05, 4.69) is 5.32 Å². The summed E-state index contributed by atoms with van der Waals surface area (Å²) in [5, 5.41) is 4.66. The van der Waals surface area contributed by atoms with Crippen LogP contribution in [0.25, 0.3) is 0 Å². The Balaban J connectivity index is 1.65. The lowest BCUT2D eigenvalue weighted by molar-refractivity contribution is -0.138. The van der Waals surface area contributed by atoms with Gasteiger partial charge in [-0.3, -0.25) is 9.59 Å². The van der Waals surface area contributed by atoms with Crippen LogP contribution < -0.4 is 5.32 Å². The molecule has 0 unspecified atom stereocenters. The van der Waals surface area contributed by atoms with Gasteiger partial charge in [-0.05, 0) is 48.9 Å². The van der Waals surface area contributed by atoms with E-state index in [0.29, 0.717) is 18.5 Å². The number of carbonyl (C=O) groups is 2. The first kappa shape index (κ1) is 20.4. The number of benzene rings is 1. The second-order valence-corrected chi connectivity index (χ2v) is 7.89. The van der Waals surface area contributed by atoms with Crippen LogP contribution in [0.2, 0.25) is 0 Å². The Labute approximate surface area is 165 Å². The minimum absolute atomic E-state index is 0.105. The molecule has 28 heavy (non-hydrogen) atoms. The maximum Gasteiger partial charge on any atom is 0.416 e. The third kappa shape index (κ3) is 4.73. The molecule has 2 heterocycles. The monoisotopic (exact) mass is 410 g/mol. The van der Waals surface area contributed by atoms with E-state index in [-0.39, 0.29) is 18.2 Å². The van der Waals surface area contributed by atoms with Crippen LogP contribution >= 0.6 is 11.3 Å². The molecule has 0 aliphatic carbocycles. The molecule has 2 atom stereocenters. The van der Waals surface area contributed by atoms with Crippen molar-refractivity contribution in [3.05, 3.63) is 57.8 Å². The zero-order chi connectivity index (χ0) is 20.3. The van der Waals surface area contributed by atoms with Crippen molar-refractivity contribution >= 4 is 23.2 Å². The molecular formula is C20H21F3N2O2S. The number of nitrogens with one attached hydrogen (secondary N) is 1. The van der Waals surface area contributed by atoms with Crippen LogP contribution in [0.15, 0.2) is 41.8 Å². The summed E-state index contributed by atoms with van der Waals surface area (Å²) in [6.07, 6.45) is -2.90. The number of hydrogen-bond donors (Lipinski definition) is 1. The summed E-state index contributed by atoms with van der Waals surface area (Å²) in [5.74, 6) is -0.436. The van der Waals surface area contributed by atoms with Crippen molar-refractivity contribution in [1.82, 2.24) is 10.2 Å². The zero-order valence-electron chi connectivity index (χ0n) is 15.3. The van der Waals surface area contributed by atoms with Crippen LogP contribution in [0.1, 0.15) is 41.8 Å². The molecule has 3 rings (SSSR count). The van der Waals surface area contributed by atoms with E-state index in [9.17, 15) is 22.8 Å². The molecule has 1 aromatic heterocycles. The normalized spacial score (nSPS) is 18.1. The fourth-order valence-corrected chi connectivity index (χ4v) is 4.07. The van der Waals surface area contributed by atoms with Crippen LogP contribution in [-0.4, -0.2) is 29.3 Å². The lowest BCUT2D eigenvalue weighted by atomic mass is 10.0. The summed E-state index contributed by atoms with van der Waals surface area (Å²) in [6, 6.07) is 7.49. The molecular weight excluding hydrogens is 389 g/mol. The van der Waals surface area contributed by atoms with Gasteiger partial charge >= 0.3 is 6.18 Å². The van der Waals surface area contributed by atoms with Gasteiger partial charge in [0.05, 0.1) is 18.0 Å². The molecule has 1 N–H and O–H groups in total. The van der Waals surface area contributed by atoms with Crippen LogP contribution in [-0.2, 0) is 22.2 Å². The number of nitrogens with zero attached hydrogens (tertiary/aromatic N) is 1. The number of halogens is 3. The minimum Gasteiger partial charge on any atom is -0.348 e. The van der Waals surface area contributed by atoms with Crippen LogP contribution in [0, 0.1) is 0 Å². The molecule has 2 aromatic rings. The van der Waals surface area contributed by atoms with E-state index in [1.807, 2.05) is 17.5 Å². The lowest BCUT2D eigenvalue weighted by Crippen LogP contribution is -2.47. The second kappa shape index (κ2) is 8.34. The van der Waals surface area contributed by atoms with Crippen molar-refractivity contribution < 1.29 is 22.8 Å². The first-order valence-corrected chi connectivity index (χ1v) is 9.93. The molecule has 1 saturated heterocycles. The highest BCUT2D eigenvalue weighted by molar-refractivity contribution is 7.10. The minimum atomic E-state index is -4.43. The average Bonchev–Trinajstić information content (AvgIpc) is 3.32. The van der Waals surface area contributed by atoms with Gasteiger partial charge in [0.15, 0.2) is 0 Å². The molecule has 0 bridgehead atoms. The lowest BCUT2D eigenvalue weighted by Gasteiger charge is -2.26. The smallest absolute Gasteiger partial charge is 0.348 e. The molecule has 2 amide bonds. The van der Waals surface area contributed by atoms with E-state index >= 15 is 0 Å². The highest BCUT2D eigenvalue weighted by Gasteiger charge is 2.35. The quantitative estimate of drug-likeness (QED) is 0.804. The Morgan fingerprint density at radius 1 is 1.29 bits per heavy atom. The maximum atomic E-state index is 12.9. The first-order valence-electron chi connectivity index (χ1n) is 9.05. The van der Waals surface area contributed by atoms with Gasteiger partial charge in [0.1, 0.15) is 6.04 Å². The van der Waals surface area contributed by atoms with E-state index in [4.69, 9.17) is 0 Å². The number of alkyl halides is 3. The van der Waals surface area contributed by atoms with Gasteiger partial charge in [-0.1, -0.05) is 18.2 Å². The summed E-state index contributed by atoms with van der Waals surface area (Å²) < 4.78 is 38.7. The van der Waals surface area contributed by atoms with Gasteiger partial charge in [-0.2, -0.15) is 13.2 Å². The topological polar surface area (TPSA) is 49.4 Å². The number of amides is 2. The predicted molar refractivity (Wildman–Crippen MR) is 101 cm³/mol. The number of thiophene rings is 1. The van der Waals surface area contributed by atoms with Crippen molar-refractivity contribution in [3.8, 4) is 0 Å². The summed E-state index contributed by atoms with van der Waals surface area (Å²) in [6.45, 7) is 2.15. The molecule has 0 spiro atoms. The van der Waals surface area contributed by atoms with Crippen molar-refractivity contribution in [2.24, 2.45) is 0 Å².